The van der Waals surface area contributed by atoms with E-state index < -0.39 is 42.0 Å². The molecule has 2 heterocycles. The predicted octanol–water partition coefficient (Wildman–Crippen LogP) is 4.00. The number of Topliss-reactive ketones (excluding diaryl/α,β-unsaturated/α-hetero) is 1. The van der Waals surface area contributed by atoms with E-state index in [2.05, 4.69) is 4.98 Å². The fourth-order valence-electron chi connectivity index (χ4n) is 4.74. The molecule has 0 unspecified atom stereocenters. The molecule has 0 radical (unpaired) electrons. The third kappa shape index (κ3) is 7.92. The van der Waals surface area contributed by atoms with Crippen LogP contribution < -0.4 is 0 Å². The number of ketones is 1. The van der Waals surface area contributed by atoms with Crippen LogP contribution in [0.3, 0.4) is 0 Å². The molecule has 1 aliphatic heterocycles. The molecule has 0 aromatic carbocycles. The highest BCUT2D eigenvalue weighted by Crippen LogP contribution is 2.44. The molecule has 1 aromatic rings. The first-order valence-electron chi connectivity index (χ1n) is 12.7. The highest BCUT2D eigenvalue weighted by molar-refractivity contribution is 7.09. The summed E-state index contributed by atoms with van der Waals surface area (Å²) in [7, 11) is 0. The van der Waals surface area contributed by atoms with E-state index in [9.17, 15) is 24.9 Å². The lowest BCUT2D eigenvalue weighted by Gasteiger charge is -2.34. The van der Waals surface area contributed by atoms with Gasteiger partial charge in [-0.2, -0.15) is 0 Å². The van der Waals surface area contributed by atoms with Crippen LogP contribution in [-0.2, 0) is 14.3 Å². The van der Waals surface area contributed by atoms with E-state index in [0.717, 1.165) is 29.1 Å². The van der Waals surface area contributed by atoms with Crippen LogP contribution >= 0.6 is 11.3 Å². The number of hydrogen-bond acceptors (Lipinski definition) is 8. The number of aliphatic hydroxyl groups excluding tert-OH is 3. The fourth-order valence-corrected chi connectivity index (χ4v) is 5.31. The summed E-state index contributed by atoms with van der Waals surface area (Å²) in [5.74, 6) is -2.41. The molecule has 1 saturated heterocycles. The Hall–Kier alpha value is -1.65. The van der Waals surface area contributed by atoms with Gasteiger partial charge < -0.3 is 25.2 Å². The monoisotopic (exact) mass is 525 g/mol. The highest BCUT2D eigenvalue weighted by atomic mass is 32.1. The summed E-state index contributed by atoms with van der Waals surface area (Å²) in [6, 6.07) is 0. The van der Waals surface area contributed by atoms with Crippen molar-refractivity contribution in [3.8, 4) is 0 Å². The number of aliphatic hydroxyl groups is 3. The van der Waals surface area contributed by atoms with Gasteiger partial charge in [-0.25, -0.2) is 4.98 Å². The molecule has 1 aromatic heterocycles. The van der Waals surface area contributed by atoms with Crippen molar-refractivity contribution in [2.75, 3.05) is 0 Å². The number of aryl methyl sites for hydroxylation is 1. The molecule has 0 spiro atoms. The van der Waals surface area contributed by atoms with Crippen LogP contribution in [0.4, 0.5) is 0 Å². The van der Waals surface area contributed by atoms with Gasteiger partial charge in [0.1, 0.15) is 5.78 Å². The van der Waals surface area contributed by atoms with Crippen LogP contribution in [0.2, 0.25) is 0 Å². The number of thiazole rings is 1. The number of aliphatic carboxylic acids is 1. The second-order valence-corrected chi connectivity index (χ2v) is 12.3. The molecular formula is C27H43NO7S. The molecule has 8 nitrogen and oxygen atoms in total. The molecule has 204 valence electrons. The molecule has 1 aliphatic rings. The Morgan fingerprint density at radius 2 is 1.92 bits per heavy atom. The summed E-state index contributed by atoms with van der Waals surface area (Å²) in [5, 5.41) is 43.5. The van der Waals surface area contributed by atoms with Gasteiger partial charge in [0.15, 0.2) is 0 Å². The predicted molar refractivity (Wildman–Crippen MR) is 140 cm³/mol. The normalized spacial score (nSPS) is 24.6. The zero-order valence-corrected chi connectivity index (χ0v) is 23.3. The van der Waals surface area contributed by atoms with Gasteiger partial charge in [0.25, 0.3) is 0 Å². The number of carboxylic acid groups (broad SMARTS) is 1. The maximum atomic E-state index is 12.9. The van der Waals surface area contributed by atoms with Crippen LogP contribution in [0.15, 0.2) is 11.0 Å². The lowest BCUT2D eigenvalue weighted by atomic mass is 9.73. The van der Waals surface area contributed by atoms with Crippen LogP contribution in [-0.4, -0.2) is 67.2 Å². The molecule has 0 aliphatic carbocycles. The van der Waals surface area contributed by atoms with Crippen LogP contribution in [0.25, 0.3) is 6.08 Å². The van der Waals surface area contributed by atoms with Crippen molar-refractivity contribution in [1.29, 1.82) is 0 Å². The molecule has 4 N–H and O–H groups in total. The maximum absolute atomic E-state index is 12.9. The first-order chi connectivity index (χ1) is 16.6. The summed E-state index contributed by atoms with van der Waals surface area (Å²) in [5.41, 5.74) is 0.124. The van der Waals surface area contributed by atoms with Gasteiger partial charge in [-0.1, -0.05) is 34.1 Å². The zero-order valence-electron chi connectivity index (χ0n) is 22.5. The summed E-state index contributed by atoms with van der Waals surface area (Å²) >= 11 is 1.57. The number of rotatable bonds is 15. The van der Waals surface area contributed by atoms with Gasteiger partial charge in [0.05, 0.1) is 52.6 Å². The molecule has 0 bridgehead atoms. The van der Waals surface area contributed by atoms with E-state index in [1.165, 1.54) is 13.8 Å². The largest absolute Gasteiger partial charge is 0.481 e. The van der Waals surface area contributed by atoms with Gasteiger partial charge in [-0.15, -0.1) is 11.3 Å². The van der Waals surface area contributed by atoms with Gasteiger partial charge in [-0.3, -0.25) is 9.59 Å². The summed E-state index contributed by atoms with van der Waals surface area (Å²) in [6.45, 7) is 12.4. The number of carbonyl (C=O) groups excluding carboxylic acids is 1. The van der Waals surface area contributed by atoms with Crippen LogP contribution in [0.1, 0.15) is 84.3 Å². The number of carbonyl (C=O) groups is 2. The molecule has 0 amide bonds. The Balaban J connectivity index is 1.80. The van der Waals surface area contributed by atoms with Gasteiger partial charge in [0, 0.05) is 17.7 Å². The number of aromatic nitrogens is 1. The Morgan fingerprint density at radius 3 is 2.47 bits per heavy atom. The molecule has 9 heteroatoms. The van der Waals surface area contributed by atoms with Crippen molar-refractivity contribution in [3.05, 3.63) is 21.7 Å². The number of nitrogens with zero attached hydrogens (tertiary/aromatic N) is 1. The molecule has 36 heavy (non-hydrogen) atoms. The number of carboxylic acids is 1. The lowest BCUT2D eigenvalue weighted by Crippen LogP contribution is -2.45. The average Bonchev–Trinajstić information content (AvgIpc) is 3.22. The topological polar surface area (TPSA) is 140 Å². The number of hydrogen-bond donors (Lipinski definition) is 4. The second kappa shape index (κ2) is 12.3. The first-order valence-corrected chi connectivity index (χ1v) is 13.5. The van der Waals surface area contributed by atoms with E-state index in [1.54, 1.807) is 18.3 Å². The van der Waals surface area contributed by atoms with Crippen molar-refractivity contribution in [2.24, 2.45) is 17.3 Å². The van der Waals surface area contributed by atoms with E-state index >= 15 is 0 Å². The van der Waals surface area contributed by atoms with E-state index in [1.807, 2.05) is 39.2 Å². The quantitative estimate of drug-likeness (QED) is 0.252. The van der Waals surface area contributed by atoms with E-state index in [4.69, 9.17) is 9.84 Å². The Labute approximate surface area is 218 Å². The first kappa shape index (κ1) is 30.6. The summed E-state index contributed by atoms with van der Waals surface area (Å²) in [6.07, 6.45) is 1.29. The average molecular weight is 526 g/mol. The SMILES string of the molecule is C/C(=C\c1csc(C)n1)[C@@H](O)C[C@@H]1O[C@]1(C)CCC[C@H](C)[C@H](O)[C@@H](C)C(=O)C(C)(C)[C@@H](O)CC(=O)O. The summed E-state index contributed by atoms with van der Waals surface area (Å²) in [4.78, 5) is 28.3. The Bertz CT molecular complexity index is 942. The smallest absolute Gasteiger partial charge is 0.306 e. The van der Waals surface area contributed by atoms with Crippen molar-refractivity contribution < 1.29 is 34.8 Å². The van der Waals surface area contributed by atoms with Crippen molar-refractivity contribution in [3.63, 3.8) is 0 Å². The zero-order chi connectivity index (χ0) is 27.4. The Kier molecular flexibility index (Phi) is 10.4. The van der Waals surface area contributed by atoms with Gasteiger partial charge in [-0.05, 0) is 51.2 Å². The molecule has 2 rings (SSSR count). The standard InChI is InChI=1S/C27H43NO7S/c1-15(24(33)17(3)25(34)26(5,6)21(30)13-23(31)32)9-8-10-27(7)22(35-27)12-20(29)16(2)11-19-14-36-18(4)28-19/h11,14-15,17,20-22,24,29-30,33H,8-10,12-13H2,1-7H3,(H,31,32)/b16-11+/t15-,17+,20-,21-,22-,24-,27+/m0/s1. The van der Waals surface area contributed by atoms with E-state index in [0.29, 0.717) is 12.8 Å². The summed E-state index contributed by atoms with van der Waals surface area (Å²) < 4.78 is 5.92. The highest BCUT2D eigenvalue weighted by Gasteiger charge is 2.52. The minimum Gasteiger partial charge on any atom is -0.481 e. The minimum absolute atomic E-state index is 0.0368. The third-order valence-corrected chi connectivity index (χ3v) is 8.48. The molecule has 0 saturated carbocycles. The minimum atomic E-state index is -1.32. The van der Waals surface area contributed by atoms with Crippen molar-refractivity contribution in [1.82, 2.24) is 4.98 Å². The number of epoxide rings is 1. The third-order valence-electron chi connectivity index (χ3n) is 7.69. The number of ether oxygens (including phenoxy) is 1. The molecule has 7 atom stereocenters. The van der Waals surface area contributed by atoms with Gasteiger partial charge in [0.2, 0.25) is 0 Å². The lowest BCUT2D eigenvalue weighted by molar-refractivity contribution is -0.147. The van der Waals surface area contributed by atoms with Crippen LogP contribution in [0, 0.1) is 24.2 Å². The van der Waals surface area contributed by atoms with Crippen molar-refractivity contribution in [2.45, 2.75) is 111 Å². The second-order valence-electron chi connectivity index (χ2n) is 11.2. The maximum Gasteiger partial charge on any atom is 0.306 e. The Morgan fingerprint density at radius 1 is 1.28 bits per heavy atom. The molecule has 1 fully saturated rings. The van der Waals surface area contributed by atoms with Crippen LogP contribution in [0.5, 0.6) is 0 Å². The van der Waals surface area contributed by atoms with Crippen molar-refractivity contribution >= 4 is 29.2 Å². The fraction of sp³-hybridized carbons (Fsp3) is 0.741. The molecular weight excluding hydrogens is 482 g/mol. The van der Waals surface area contributed by atoms with Gasteiger partial charge >= 0.3 is 5.97 Å². The van der Waals surface area contributed by atoms with E-state index in [-0.39, 0.29) is 23.4 Å².